The van der Waals surface area contributed by atoms with Crippen molar-refractivity contribution in [3.63, 3.8) is 0 Å². The van der Waals surface area contributed by atoms with Gasteiger partial charge < -0.3 is 10.1 Å². The predicted molar refractivity (Wildman–Crippen MR) is 80.8 cm³/mol. The topological polar surface area (TPSA) is 45.0 Å². The van der Waals surface area contributed by atoms with Crippen LogP contribution in [0, 0.1) is 25.2 Å². The molecule has 0 aliphatic carbocycles. The number of anilines is 1. The van der Waals surface area contributed by atoms with E-state index < -0.39 is 0 Å². The van der Waals surface area contributed by atoms with Gasteiger partial charge in [-0.2, -0.15) is 5.26 Å². The molecule has 20 heavy (non-hydrogen) atoms. The van der Waals surface area contributed by atoms with Crippen LogP contribution < -0.4 is 10.1 Å². The van der Waals surface area contributed by atoms with Gasteiger partial charge in [0.25, 0.3) is 0 Å². The molecule has 0 saturated heterocycles. The fourth-order valence-corrected chi connectivity index (χ4v) is 1.98. The van der Waals surface area contributed by atoms with Gasteiger partial charge in [-0.3, -0.25) is 0 Å². The molecule has 0 aromatic heterocycles. The Hall–Kier alpha value is -2.47. The third-order valence-corrected chi connectivity index (χ3v) is 3.08. The maximum absolute atomic E-state index is 8.52. The summed E-state index contributed by atoms with van der Waals surface area (Å²) in [6.45, 7) is 4.98. The Kier molecular flexibility index (Phi) is 4.62. The van der Waals surface area contributed by atoms with Crippen molar-refractivity contribution in [2.75, 3.05) is 11.9 Å². The summed E-state index contributed by atoms with van der Waals surface area (Å²) in [6, 6.07) is 16.1. The maximum Gasteiger partial charge on any atom is 0.174 e. The second-order valence-electron chi connectivity index (χ2n) is 4.77. The van der Waals surface area contributed by atoms with Gasteiger partial charge in [0.1, 0.15) is 11.8 Å². The molecule has 0 spiro atoms. The number of aryl methyl sites for hydroxylation is 2. The van der Waals surface area contributed by atoms with E-state index in [-0.39, 0.29) is 6.61 Å². The van der Waals surface area contributed by atoms with Crippen LogP contribution in [0.5, 0.6) is 5.75 Å². The highest BCUT2D eigenvalue weighted by molar-refractivity contribution is 5.52. The van der Waals surface area contributed by atoms with E-state index in [1.54, 1.807) is 0 Å². The minimum atomic E-state index is 0.0773. The summed E-state index contributed by atoms with van der Waals surface area (Å²) in [6.07, 6.45) is 0. The largest absolute Gasteiger partial charge is 0.479 e. The predicted octanol–water partition coefficient (Wildman–Crippen LogP) is 3.82. The Balaban J connectivity index is 2.03. The summed E-state index contributed by atoms with van der Waals surface area (Å²) >= 11 is 0. The number of rotatable bonds is 5. The van der Waals surface area contributed by atoms with Gasteiger partial charge in [-0.15, -0.1) is 0 Å². The van der Waals surface area contributed by atoms with Crippen molar-refractivity contribution in [1.82, 2.24) is 0 Å². The number of hydrogen-bond acceptors (Lipinski definition) is 3. The van der Waals surface area contributed by atoms with Gasteiger partial charge in [0, 0.05) is 12.2 Å². The highest BCUT2D eigenvalue weighted by atomic mass is 16.5. The quantitative estimate of drug-likeness (QED) is 0.894. The molecule has 1 N–H and O–H groups in total. The number of nitrogens with zero attached hydrogens (tertiary/aromatic N) is 1. The normalized spacial score (nSPS) is 9.85. The zero-order valence-electron chi connectivity index (χ0n) is 11.8. The van der Waals surface area contributed by atoms with Gasteiger partial charge in [-0.05, 0) is 48.7 Å². The molecule has 3 heteroatoms. The highest BCUT2D eigenvalue weighted by Crippen LogP contribution is 2.19. The summed E-state index contributed by atoms with van der Waals surface area (Å²) < 4.78 is 5.30. The summed E-state index contributed by atoms with van der Waals surface area (Å²) in [5.41, 5.74) is 4.74. The van der Waals surface area contributed by atoms with Crippen LogP contribution in [0.1, 0.15) is 16.7 Å². The summed E-state index contributed by atoms with van der Waals surface area (Å²) in [5.74, 6) is 0.729. The first-order valence-corrected chi connectivity index (χ1v) is 6.59. The molecule has 0 amide bonds. The van der Waals surface area contributed by atoms with Crippen molar-refractivity contribution in [1.29, 1.82) is 5.26 Å². The third-order valence-electron chi connectivity index (χ3n) is 3.08. The van der Waals surface area contributed by atoms with Crippen molar-refractivity contribution in [3.05, 3.63) is 59.2 Å². The fraction of sp³-hybridized carbons (Fsp3) is 0.235. The Morgan fingerprint density at radius 1 is 1.15 bits per heavy atom. The molecule has 0 atom stereocenters. The number of hydrogen-bond donors (Lipinski definition) is 1. The summed E-state index contributed by atoms with van der Waals surface area (Å²) in [5, 5.41) is 12.0. The molecule has 0 bridgehead atoms. The van der Waals surface area contributed by atoms with Crippen LogP contribution in [-0.4, -0.2) is 6.61 Å². The van der Waals surface area contributed by atoms with Crippen molar-refractivity contribution >= 4 is 5.69 Å². The lowest BCUT2D eigenvalue weighted by atomic mass is 10.1. The van der Waals surface area contributed by atoms with Gasteiger partial charge in [-0.25, -0.2) is 0 Å². The zero-order chi connectivity index (χ0) is 14.4. The van der Waals surface area contributed by atoms with Crippen LogP contribution in [0.15, 0.2) is 42.5 Å². The van der Waals surface area contributed by atoms with Gasteiger partial charge in [0.05, 0.1) is 0 Å². The van der Waals surface area contributed by atoms with E-state index in [9.17, 15) is 0 Å². The molecule has 0 heterocycles. The molecule has 0 unspecified atom stereocenters. The van der Waals surface area contributed by atoms with Crippen LogP contribution in [0.3, 0.4) is 0 Å². The monoisotopic (exact) mass is 266 g/mol. The van der Waals surface area contributed by atoms with E-state index in [4.69, 9.17) is 10.00 Å². The molecular weight excluding hydrogens is 248 g/mol. The van der Waals surface area contributed by atoms with Crippen molar-refractivity contribution in [3.8, 4) is 11.8 Å². The first-order chi connectivity index (χ1) is 9.69. The van der Waals surface area contributed by atoms with E-state index in [0.29, 0.717) is 0 Å². The molecule has 0 radical (unpaired) electrons. The molecule has 0 saturated carbocycles. The Bertz CT molecular complexity index is 629. The van der Waals surface area contributed by atoms with Crippen molar-refractivity contribution in [2.45, 2.75) is 20.4 Å². The van der Waals surface area contributed by atoms with Gasteiger partial charge in [0.2, 0.25) is 0 Å². The first kappa shape index (κ1) is 14.0. The highest BCUT2D eigenvalue weighted by Gasteiger charge is 2.00. The van der Waals surface area contributed by atoms with Crippen molar-refractivity contribution in [2.24, 2.45) is 0 Å². The van der Waals surface area contributed by atoms with Gasteiger partial charge >= 0.3 is 0 Å². The van der Waals surface area contributed by atoms with Gasteiger partial charge in [0.15, 0.2) is 6.61 Å². The molecule has 2 rings (SSSR count). The Labute approximate surface area is 119 Å². The Morgan fingerprint density at radius 3 is 2.80 bits per heavy atom. The second kappa shape index (κ2) is 6.63. The molecule has 0 aliphatic rings. The standard InChI is InChI=1S/C17H18N2O/c1-13-6-7-14(2)17(10-13)19-12-15-4-3-5-16(11-15)20-9-8-18/h3-7,10-11,19H,9,12H2,1-2H3. The summed E-state index contributed by atoms with van der Waals surface area (Å²) in [7, 11) is 0. The number of nitriles is 1. The van der Waals surface area contributed by atoms with Gasteiger partial charge in [-0.1, -0.05) is 24.3 Å². The SMILES string of the molecule is Cc1ccc(C)c(NCc2cccc(OCC#N)c2)c1. The van der Waals surface area contributed by atoms with E-state index >= 15 is 0 Å². The molecule has 2 aromatic carbocycles. The Morgan fingerprint density at radius 2 is 2.00 bits per heavy atom. The van der Waals surface area contributed by atoms with Crippen LogP contribution in [0.4, 0.5) is 5.69 Å². The minimum Gasteiger partial charge on any atom is -0.479 e. The lowest BCUT2D eigenvalue weighted by Gasteiger charge is -2.11. The number of benzene rings is 2. The van der Waals surface area contributed by atoms with E-state index in [1.165, 1.54) is 11.1 Å². The zero-order valence-corrected chi connectivity index (χ0v) is 11.8. The maximum atomic E-state index is 8.52. The molecule has 3 nitrogen and oxygen atoms in total. The van der Waals surface area contributed by atoms with E-state index in [2.05, 4.69) is 37.4 Å². The van der Waals surface area contributed by atoms with Crippen molar-refractivity contribution < 1.29 is 4.74 Å². The molecular formula is C17H18N2O. The lowest BCUT2D eigenvalue weighted by molar-refractivity contribution is 0.368. The lowest BCUT2D eigenvalue weighted by Crippen LogP contribution is -2.02. The van der Waals surface area contributed by atoms with Crippen LogP contribution >= 0.6 is 0 Å². The van der Waals surface area contributed by atoms with Crippen LogP contribution in [0.2, 0.25) is 0 Å². The first-order valence-electron chi connectivity index (χ1n) is 6.59. The van der Waals surface area contributed by atoms with Crippen LogP contribution in [-0.2, 0) is 6.54 Å². The molecule has 0 fully saturated rings. The minimum absolute atomic E-state index is 0.0773. The molecule has 102 valence electrons. The average molecular weight is 266 g/mol. The average Bonchev–Trinajstić information content (AvgIpc) is 2.46. The number of nitrogens with one attached hydrogen (secondary N) is 1. The second-order valence-corrected chi connectivity index (χ2v) is 4.77. The smallest absolute Gasteiger partial charge is 0.174 e. The third kappa shape index (κ3) is 3.76. The van der Waals surface area contributed by atoms with Crippen LogP contribution in [0.25, 0.3) is 0 Å². The molecule has 0 aliphatic heterocycles. The summed E-state index contributed by atoms with van der Waals surface area (Å²) in [4.78, 5) is 0. The molecule has 2 aromatic rings. The van der Waals surface area contributed by atoms with E-state index in [0.717, 1.165) is 23.5 Å². The number of ether oxygens (including phenoxy) is 1. The fourth-order valence-electron chi connectivity index (χ4n) is 1.98. The van der Waals surface area contributed by atoms with E-state index in [1.807, 2.05) is 30.3 Å².